The molecule has 0 fully saturated rings. The maximum atomic E-state index is 4.21. The van der Waals surface area contributed by atoms with E-state index in [0.29, 0.717) is 0 Å². The monoisotopic (exact) mass is 248 g/mol. The minimum atomic E-state index is 0.131. The van der Waals surface area contributed by atoms with Gasteiger partial charge in [-0.15, -0.1) is 0 Å². The molecule has 0 aliphatic heterocycles. The van der Waals surface area contributed by atoms with Gasteiger partial charge in [-0.05, 0) is 27.4 Å². The zero-order valence-corrected chi connectivity index (χ0v) is 13.9. The summed E-state index contributed by atoms with van der Waals surface area (Å²) in [6.07, 6.45) is 6.79. The lowest BCUT2D eigenvalue weighted by Crippen LogP contribution is -2.12. The Bertz CT molecular complexity index is 343. The molecule has 0 bridgehead atoms. The Morgan fingerprint density at radius 1 is 0.778 bits per heavy atom. The summed E-state index contributed by atoms with van der Waals surface area (Å²) in [7, 11) is 0. The molecule has 0 aliphatic carbocycles. The van der Waals surface area contributed by atoms with E-state index in [2.05, 4.69) is 87.1 Å². The highest BCUT2D eigenvalue weighted by atomic mass is 14.2. The van der Waals surface area contributed by atoms with Gasteiger partial charge in [0, 0.05) is 0 Å². The number of hydrogen-bond acceptors (Lipinski definition) is 0. The molecule has 0 aromatic carbocycles. The Labute approximate surface area is 115 Å². The Morgan fingerprint density at radius 2 is 1.22 bits per heavy atom. The lowest BCUT2D eigenvalue weighted by molar-refractivity contribution is 0.495. The van der Waals surface area contributed by atoms with E-state index in [1.165, 1.54) is 11.1 Å². The molecule has 0 heteroatoms. The van der Waals surface area contributed by atoms with Crippen LogP contribution in [0.4, 0.5) is 0 Å². The van der Waals surface area contributed by atoms with Crippen LogP contribution in [0, 0.1) is 16.2 Å². The summed E-state index contributed by atoms with van der Waals surface area (Å²) >= 11 is 0. The van der Waals surface area contributed by atoms with Crippen molar-refractivity contribution in [1.29, 1.82) is 0 Å². The third-order valence-corrected chi connectivity index (χ3v) is 2.92. The SMILES string of the molecule is C=C(/C=C(\C=C\C(C)(C)C)C(C)(C)C)C(C)(C)C. The van der Waals surface area contributed by atoms with Gasteiger partial charge in [-0.25, -0.2) is 0 Å². The molecule has 0 amide bonds. The average molecular weight is 248 g/mol. The van der Waals surface area contributed by atoms with Crippen LogP contribution in [0.1, 0.15) is 62.3 Å². The van der Waals surface area contributed by atoms with E-state index in [4.69, 9.17) is 0 Å². The largest absolute Gasteiger partial charge is 0.0953 e. The lowest BCUT2D eigenvalue weighted by Gasteiger charge is -2.26. The van der Waals surface area contributed by atoms with E-state index in [0.717, 1.165) is 0 Å². The third kappa shape index (κ3) is 6.83. The highest BCUT2D eigenvalue weighted by Crippen LogP contribution is 2.33. The summed E-state index contributed by atoms with van der Waals surface area (Å²) in [5.41, 5.74) is 3.03. The highest BCUT2D eigenvalue weighted by molar-refractivity contribution is 5.35. The Morgan fingerprint density at radius 3 is 1.50 bits per heavy atom. The smallest absolute Gasteiger partial charge is 0.0132 e. The molecule has 0 aliphatic rings. The maximum Gasteiger partial charge on any atom is -0.0132 e. The molecule has 0 nitrogen and oxygen atoms in total. The first-order chi connectivity index (χ1) is 7.73. The molecule has 0 aromatic rings. The van der Waals surface area contributed by atoms with Gasteiger partial charge in [-0.2, -0.15) is 0 Å². The molecular weight excluding hydrogens is 216 g/mol. The second-order valence-electron chi connectivity index (χ2n) is 8.32. The fraction of sp³-hybridized carbons (Fsp3) is 0.667. The van der Waals surface area contributed by atoms with Gasteiger partial charge in [0.1, 0.15) is 0 Å². The molecule has 0 heterocycles. The van der Waals surface area contributed by atoms with E-state index in [1.807, 2.05) is 0 Å². The van der Waals surface area contributed by atoms with Crippen LogP contribution < -0.4 is 0 Å². The number of rotatable bonds is 2. The second-order valence-corrected chi connectivity index (χ2v) is 8.32. The van der Waals surface area contributed by atoms with Gasteiger partial charge >= 0.3 is 0 Å². The van der Waals surface area contributed by atoms with Crippen LogP contribution in [0.3, 0.4) is 0 Å². The van der Waals surface area contributed by atoms with Gasteiger partial charge in [-0.3, -0.25) is 0 Å². The van der Waals surface area contributed by atoms with Gasteiger partial charge in [0.2, 0.25) is 0 Å². The summed E-state index contributed by atoms with van der Waals surface area (Å²) in [5, 5.41) is 0. The first-order valence-electron chi connectivity index (χ1n) is 6.84. The summed E-state index contributed by atoms with van der Waals surface area (Å²) in [4.78, 5) is 0. The first kappa shape index (κ1) is 17.2. The summed E-state index contributed by atoms with van der Waals surface area (Å²) in [6.45, 7) is 24.3. The van der Waals surface area contributed by atoms with Crippen molar-refractivity contribution in [2.45, 2.75) is 62.3 Å². The number of allylic oxidation sites excluding steroid dienone is 5. The van der Waals surface area contributed by atoms with Gasteiger partial charge < -0.3 is 0 Å². The molecule has 0 aromatic heterocycles. The minimum absolute atomic E-state index is 0.131. The molecule has 0 rings (SSSR count). The van der Waals surface area contributed by atoms with E-state index in [1.54, 1.807) is 0 Å². The van der Waals surface area contributed by atoms with Crippen molar-refractivity contribution in [2.75, 3.05) is 0 Å². The van der Waals surface area contributed by atoms with Crippen molar-refractivity contribution in [3.05, 3.63) is 36.0 Å². The van der Waals surface area contributed by atoms with Crippen LogP contribution in [0.2, 0.25) is 0 Å². The van der Waals surface area contributed by atoms with Gasteiger partial charge in [0.05, 0.1) is 0 Å². The highest BCUT2D eigenvalue weighted by Gasteiger charge is 2.19. The molecular formula is C18H32. The minimum Gasteiger partial charge on any atom is -0.0953 e. The zero-order valence-electron chi connectivity index (χ0n) is 13.9. The quantitative estimate of drug-likeness (QED) is 0.513. The standard InChI is InChI=1S/C18H32/c1-14(17(5,6)7)13-15(18(8,9)10)11-12-16(2,3)4/h11-13H,1H2,2-10H3/b12-11+,15-13+. The predicted molar refractivity (Wildman–Crippen MR) is 84.7 cm³/mol. The van der Waals surface area contributed by atoms with Crippen LogP contribution >= 0.6 is 0 Å². The molecule has 0 radical (unpaired) electrons. The zero-order chi connectivity index (χ0) is 14.8. The summed E-state index contributed by atoms with van der Waals surface area (Å²) in [6, 6.07) is 0. The predicted octanol–water partition coefficient (Wildman–Crippen LogP) is 6.16. The Balaban J connectivity index is 5.36. The number of hydrogen-bond donors (Lipinski definition) is 0. The third-order valence-electron chi connectivity index (χ3n) is 2.92. The molecule has 104 valence electrons. The first-order valence-corrected chi connectivity index (χ1v) is 6.84. The fourth-order valence-electron chi connectivity index (χ4n) is 1.26. The molecule has 0 spiro atoms. The van der Waals surface area contributed by atoms with Gasteiger partial charge in [0.15, 0.2) is 0 Å². The molecule has 0 saturated carbocycles. The van der Waals surface area contributed by atoms with Crippen LogP contribution in [0.15, 0.2) is 36.0 Å². The van der Waals surface area contributed by atoms with Crippen molar-refractivity contribution < 1.29 is 0 Å². The van der Waals surface area contributed by atoms with Crippen molar-refractivity contribution in [1.82, 2.24) is 0 Å². The molecule has 0 atom stereocenters. The van der Waals surface area contributed by atoms with E-state index < -0.39 is 0 Å². The fourth-order valence-corrected chi connectivity index (χ4v) is 1.26. The maximum absolute atomic E-state index is 4.21. The van der Waals surface area contributed by atoms with Crippen molar-refractivity contribution >= 4 is 0 Å². The van der Waals surface area contributed by atoms with E-state index in [-0.39, 0.29) is 16.2 Å². The van der Waals surface area contributed by atoms with Crippen LogP contribution in [0.5, 0.6) is 0 Å². The van der Waals surface area contributed by atoms with Crippen molar-refractivity contribution in [3.8, 4) is 0 Å². The lowest BCUT2D eigenvalue weighted by atomic mass is 9.79. The topological polar surface area (TPSA) is 0 Å². The Hall–Kier alpha value is -0.780. The molecule has 0 saturated heterocycles. The molecule has 18 heavy (non-hydrogen) atoms. The summed E-state index contributed by atoms with van der Waals surface area (Å²) in [5.74, 6) is 0. The summed E-state index contributed by atoms with van der Waals surface area (Å²) < 4.78 is 0. The van der Waals surface area contributed by atoms with Crippen molar-refractivity contribution in [2.24, 2.45) is 16.2 Å². The molecule has 0 N–H and O–H groups in total. The normalized spacial score (nSPS) is 15.3. The molecule has 0 unspecified atom stereocenters. The van der Waals surface area contributed by atoms with E-state index >= 15 is 0 Å². The van der Waals surface area contributed by atoms with Crippen molar-refractivity contribution in [3.63, 3.8) is 0 Å². The van der Waals surface area contributed by atoms with Gasteiger partial charge in [0.25, 0.3) is 0 Å². The van der Waals surface area contributed by atoms with Gasteiger partial charge in [-0.1, -0.05) is 87.1 Å². The van der Waals surface area contributed by atoms with Crippen LogP contribution in [-0.2, 0) is 0 Å². The van der Waals surface area contributed by atoms with E-state index in [9.17, 15) is 0 Å². The Kier molecular flexibility index (Phi) is 5.23. The average Bonchev–Trinajstić information content (AvgIpc) is 2.06. The second kappa shape index (κ2) is 5.47. The van der Waals surface area contributed by atoms with Crippen LogP contribution in [-0.4, -0.2) is 0 Å². The van der Waals surface area contributed by atoms with Crippen LogP contribution in [0.25, 0.3) is 0 Å².